The van der Waals surface area contributed by atoms with E-state index >= 15 is 0 Å². The highest BCUT2D eigenvalue weighted by Crippen LogP contribution is 2.41. The maximum atomic E-state index is 10.4. The summed E-state index contributed by atoms with van der Waals surface area (Å²) < 4.78 is 18.4. The number of rotatable bonds is 4. The number of aromatic nitrogens is 1. The number of pyridine rings is 1. The van der Waals surface area contributed by atoms with Gasteiger partial charge in [-0.25, -0.2) is 0 Å². The third-order valence-electron chi connectivity index (χ3n) is 5.37. The number of phenolic OH excluding ortho intramolecular Hbond substituents is 1. The van der Waals surface area contributed by atoms with Crippen molar-refractivity contribution in [1.29, 1.82) is 0 Å². The zero-order valence-corrected chi connectivity index (χ0v) is 17.3. The van der Waals surface area contributed by atoms with Gasteiger partial charge in [-0.05, 0) is 35.2 Å². The van der Waals surface area contributed by atoms with Crippen LogP contribution in [0.25, 0.3) is 22.0 Å². The molecule has 5 rings (SSSR count). The number of aliphatic carboxylic acids is 2. The standard InChI is InChI=1S/C19H15NO4.C4H6O4/c1-22-16-3-2-11-6-15-13-8-18-17(23-10-24-18)7-12(13)4-5-20(15)9-14(11)19(16)21;5-3(6)1-2-4(7)8/h2-3,6-9H,4-5,10H2,1H3;1-2H2,(H,5,6)(H,7,8)/p+1. The van der Waals surface area contributed by atoms with Crippen molar-refractivity contribution in [3.8, 4) is 34.3 Å². The van der Waals surface area contributed by atoms with Crippen molar-refractivity contribution in [1.82, 2.24) is 0 Å². The summed E-state index contributed by atoms with van der Waals surface area (Å²) in [5.41, 5.74) is 3.53. The highest BCUT2D eigenvalue weighted by Gasteiger charge is 2.28. The molecule has 0 saturated carbocycles. The lowest BCUT2D eigenvalue weighted by atomic mass is 9.95. The fraction of sp³-hybridized carbons (Fsp3) is 0.261. The fourth-order valence-electron chi connectivity index (χ4n) is 3.79. The Labute approximate surface area is 183 Å². The van der Waals surface area contributed by atoms with Gasteiger partial charge in [0.2, 0.25) is 12.5 Å². The van der Waals surface area contributed by atoms with E-state index in [1.54, 1.807) is 13.2 Å². The molecule has 32 heavy (non-hydrogen) atoms. The summed E-state index contributed by atoms with van der Waals surface area (Å²) in [4.78, 5) is 19.3. The first kappa shape index (κ1) is 21.2. The third-order valence-corrected chi connectivity index (χ3v) is 5.37. The number of phenols is 1. The van der Waals surface area contributed by atoms with E-state index in [0.717, 1.165) is 46.5 Å². The van der Waals surface area contributed by atoms with Crippen LogP contribution in [0.1, 0.15) is 18.4 Å². The van der Waals surface area contributed by atoms with Crippen LogP contribution >= 0.6 is 0 Å². The van der Waals surface area contributed by atoms with Gasteiger partial charge in [0.15, 0.2) is 35.7 Å². The number of hydrogen-bond donors (Lipinski definition) is 3. The molecule has 3 aromatic rings. The van der Waals surface area contributed by atoms with Crippen molar-refractivity contribution >= 4 is 22.7 Å². The number of aromatic hydroxyl groups is 1. The number of carboxylic acid groups (broad SMARTS) is 2. The average molecular weight is 440 g/mol. The first-order valence-corrected chi connectivity index (χ1v) is 9.97. The molecule has 3 N–H and O–H groups in total. The number of ether oxygens (including phenoxy) is 3. The fourth-order valence-corrected chi connectivity index (χ4v) is 3.79. The first-order chi connectivity index (χ1) is 15.4. The van der Waals surface area contributed by atoms with Crippen LogP contribution in [0.5, 0.6) is 23.0 Å². The second-order valence-corrected chi connectivity index (χ2v) is 7.37. The highest BCUT2D eigenvalue weighted by molar-refractivity contribution is 5.91. The summed E-state index contributed by atoms with van der Waals surface area (Å²) in [6.07, 6.45) is 2.32. The van der Waals surface area contributed by atoms with Crippen LogP contribution in [-0.2, 0) is 22.6 Å². The first-order valence-electron chi connectivity index (χ1n) is 9.97. The molecule has 0 fully saturated rings. The van der Waals surface area contributed by atoms with Gasteiger partial charge in [-0.15, -0.1) is 0 Å². The molecule has 3 heterocycles. The summed E-state index contributed by atoms with van der Waals surface area (Å²) >= 11 is 0. The molecule has 0 bridgehead atoms. The molecule has 0 radical (unpaired) electrons. The Morgan fingerprint density at radius 3 is 2.41 bits per heavy atom. The SMILES string of the molecule is COc1ccc2cc3[n+](cc2c1O)CCc1cc2c(cc1-3)OCO2.O=C(O)CCC(=O)O. The van der Waals surface area contributed by atoms with Gasteiger partial charge in [0.05, 0.1) is 30.9 Å². The van der Waals surface area contributed by atoms with E-state index in [0.29, 0.717) is 5.75 Å². The molecule has 0 unspecified atom stereocenters. The Kier molecular flexibility index (Phi) is 5.72. The van der Waals surface area contributed by atoms with E-state index in [4.69, 9.17) is 24.4 Å². The maximum absolute atomic E-state index is 10.4. The minimum atomic E-state index is -1.08. The molecule has 2 aromatic carbocycles. The molecule has 0 atom stereocenters. The third kappa shape index (κ3) is 4.09. The smallest absolute Gasteiger partial charge is 0.303 e. The van der Waals surface area contributed by atoms with E-state index in [1.165, 1.54) is 5.56 Å². The molecule has 0 aliphatic carbocycles. The number of nitrogens with zero attached hydrogens (tertiary/aromatic N) is 1. The predicted octanol–water partition coefficient (Wildman–Crippen LogP) is 2.73. The molecule has 0 spiro atoms. The van der Waals surface area contributed by atoms with Gasteiger partial charge >= 0.3 is 11.9 Å². The van der Waals surface area contributed by atoms with E-state index in [2.05, 4.69) is 22.8 Å². The van der Waals surface area contributed by atoms with E-state index < -0.39 is 11.9 Å². The van der Waals surface area contributed by atoms with Crippen LogP contribution in [0.4, 0.5) is 0 Å². The molecule has 2 aliphatic heterocycles. The number of aryl methyl sites for hydroxylation is 2. The second kappa shape index (κ2) is 8.62. The van der Waals surface area contributed by atoms with Crippen LogP contribution in [0.3, 0.4) is 0 Å². The Balaban J connectivity index is 0.000000265. The molecule has 9 nitrogen and oxygen atoms in total. The highest BCUT2D eigenvalue weighted by atomic mass is 16.7. The molecular formula is C23H22NO8+. The van der Waals surface area contributed by atoms with Gasteiger partial charge in [0, 0.05) is 12.5 Å². The van der Waals surface area contributed by atoms with Gasteiger partial charge in [0.25, 0.3) is 0 Å². The largest absolute Gasteiger partial charge is 0.504 e. The van der Waals surface area contributed by atoms with E-state index in [1.807, 2.05) is 12.3 Å². The Bertz CT molecular complexity index is 1210. The number of benzene rings is 2. The summed E-state index contributed by atoms with van der Waals surface area (Å²) in [7, 11) is 1.56. The van der Waals surface area contributed by atoms with Gasteiger partial charge in [-0.2, -0.15) is 4.57 Å². The Morgan fingerprint density at radius 2 is 1.75 bits per heavy atom. The van der Waals surface area contributed by atoms with Crippen molar-refractivity contribution in [2.24, 2.45) is 0 Å². The molecule has 9 heteroatoms. The van der Waals surface area contributed by atoms with Crippen LogP contribution in [-0.4, -0.2) is 41.2 Å². The molecule has 0 amide bonds. The zero-order valence-electron chi connectivity index (χ0n) is 17.3. The molecule has 1 aromatic heterocycles. The summed E-state index contributed by atoms with van der Waals surface area (Å²) in [5.74, 6) is 0.134. The second-order valence-electron chi connectivity index (χ2n) is 7.37. The van der Waals surface area contributed by atoms with Gasteiger partial charge in [-0.3, -0.25) is 9.59 Å². The monoisotopic (exact) mass is 440 g/mol. The molecule has 0 saturated heterocycles. The normalized spacial score (nSPS) is 12.9. The molecule has 2 aliphatic rings. The quantitative estimate of drug-likeness (QED) is 0.529. The molecular weight excluding hydrogens is 418 g/mol. The minimum Gasteiger partial charge on any atom is -0.504 e. The number of methoxy groups -OCH3 is 1. The van der Waals surface area contributed by atoms with Gasteiger partial charge in [0.1, 0.15) is 0 Å². The maximum Gasteiger partial charge on any atom is 0.303 e. The minimum absolute atomic E-state index is 0.182. The Morgan fingerprint density at radius 1 is 1.06 bits per heavy atom. The van der Waals surface area contributed by atoms with Gasteiger partial charge in [-0.1, -0.05) is 0 Å². The summed E-state index contributed by atoms with van der Waals surface area (Å²) in [6.45, 7) is 1.14. The number of fused-ring (bicyclic) bond motifs is 5. The topological polar surface area (TPSA) is 126 Å². The van der Waals surface area contributed by atoms with Crippen LogP contribution in [0.15, 0.2) is 36.5 Å². The van der Waals surface area contributed by atoms with Crippen molar-refractivity contribution in [2.75, 3.05) is 13.9 Å². The van der Waals surface area contributed by atoms with Crippen LogP contribution in [0.2, 0.25) is 0 Å². The molecule has 166 valence electrons. The lowest BCUT2D eigenvalue weighted by molar-refractivity contribution is -0.686. The number of carbonyl (C=O) groups is 2. The van der Waals surface area contributed by atoms with Crippen LogP contribution in [0, 0.1) is 0 Å². The number of hydrogen-bond acceptors (Lipinski definition) is 6. The van der Waals surface area contributed by atoms with Crippen molar-refractivity contribution in [2.45, 2.75) is 25.8 Å². The lowest BCUT2D eigenvalue weighted by Gasteiger charge is -2.16. The number of carboxylic acids is 2. The van der Waals surface area contributed by atoms with Crippen molar-refractivity contribution in [3.63, 3.8) is 0 Å². The van der Waals surface area contributed by atoms with Crippen molar-refractivity contribution < 1.29 is 43.7 Å². The van der Waals surface area contributed by atoms with Crippen molar-refractivity contribution in [3.05, 3.63) is 42.1 Å². The average Bonchev–Trinajstić information content (AvgIpc) is 3.23. The van der Waals surface area contributed by atoms with E-state index in [9.17, 15) is 14.7 Å². The predicted molar refractivity (Wildman–Crippen MR) is 112 cm³/mol. The Hall–Kier alpha value is -4.01. The van der Waals surface area contributed by atoms with Gasteiger partial charge < -0.3 is 29.5 Å². The van der Waals surface area contributed by atoms with Crippen LogP contribution < -0.4 is 18.8 Å². The summed E-state index contributed by atoms with van der Waals surface area (Å²) in [6, 6.07) is 10.00. The lowest BCUT2D eigenvalue weighted by Crippen LogP contribution is -2.39. The zero-order chi connectivity index (χ0) is 22.8. The summed E-state index contributed by atoms with van der Waals surface area (Å²) in [5, 5.41) is 28.0. The van der Waals surface area contributed by atoms with E-state index in [-0.39, 0.29) is 25.4 Å².